The molecule has 1 N–H and O–H groups in total. The second-order valence-corrected chi connectivity index (χ2v) is 5.58. The Kier molecular flexibility index (Phi) is 12.3. The van der Waals surface area contributed by atoms with Crippen molar-refractivity contribution in [2.75, 3.05) is 59.2 Å². The molecule has 0 atom stereocenters. The molecule has 120 valence electrons. The fourth-order valence-electron chi connectivity index (χ4n) is 2.46. The molecule has 1 fully saturated rings. The zero-order valence-electron chi connectivity index (χ0n) is 13.4. The van der Waals surface area contributed by atoms with E-state index < -0.39 is 0 Å². The Balaban J connectivity index is 2.08. The molecule has 20 heavy (non-hydrogen) atoms. The molecule has 0 bridgehead atoms. The Hall–Kier alpha value is -0.160. The SMILES string of the molecule is CCCCCCCCN1CCOCCNCCOCC1. The molecule has 1 saturated heterocycles. The van der Waals surface area contributed by atoms with Crippen LogP contribution in [0.4, 0.5) is 0 Å². The minimum absolute atomic E-state index is 0.810. The van der Waals surface area contributed by atoms with Gasteiger partial charge in [0.25, 0.3) is 0 Å². The van der Waals surface area contributed by atoms with Crippen molar-refractivity contribution in [3.8, 4) is 0 Å². The van der Waals surface area contributed by atoms with Gasteiger partial charge in [-0.15, -0.1) is 0 Å². The van der Waals surface area contributed by atoms with Crippen molar-refractivity contribution in [2.24, 2.45) is 0 Å². The van der Waals surface area contributed by atoms with Crippen molar-refractivity contribution in [3.63, 3.8) is 0 Å². The fourth-order valence-corrected chi connectivity index (χ4v) is 2.46. The van der Waals surface area contributed by atoms with E-state index in [4.69, 9.17) is 9.47 Å². The first-order valence-electron chi connectivity index (χ1n) is 8.52. The maximum atomic E-state index is 5.65. The lowest BCUT2D eigenvalue weighted by molar-refractivity contribution is 0.0659. The van der Waals surface area contributed by atoms with Gasteiger partial charge in [0.2, 0.25) is 0 Å². The van der Waals surface area contributed by atoms with Gasteiger partial charge in [0, 0.05) is 26.2 Å². The first-order valence-corrected chi connectivity index (χ1v) is 8.52. The van der Waals surface area contributed by atoms with Gasteiger partial charge in [-0.2, -0.15) is 0 Å². The number of ether oxygens (including phenoxy) is 2. The summed E-state index contributed by atoms with van der Waals surface area (Å²) in [6, 6.07) is 0. The predicted molar refractivity (Wildman–Crippen MR) is 84.3 cm³/mol. The Morgan fingerprint density at radius 3 is 2.05 bits per heavy atom. The number of nitrogens with zero attached hydrogens (tertiary/aromatic N) is 1. The van der Waals surface area contributed by atoms with E-state index >= 15 is 0 Å². The summed E-state index contributed by atoms with van der Waals surface area (Å²) in [5.41, 5.74) is 0. The van der Waals surface area contributed by atoms with Gasteiger partial charge in [0.15, 0.2) is 0 Å². The van der Waals surface area contributed by atoms with Crippen molar-refractivity contribution in [1.29, 1.82) is 0 Å². The van der Waals surface area contributed by atoms with Crippen LogP contribution in [0.1, 0.15) is 45.4 Å². The summed E-state index contributed by atoms with van der Waals surface area (Å²) >= 11 is 0. The molecular weight excluding hydrogens is 252 g/mol. The summed E-state index contributed by atoms with van der Waals surface area (Å²) in [6.07, 6.45) is 8.18. The van der Waals surface area contributed by atoms with Crippen LogP contribution < -0.4 is 5.32 Å². The first-order chi connectivity index (χ1) is 9.93. The van der Waals surface area contributed by atoms with Crippen molar-refractivity contribution in [2.45, 2.75) is 45.4 Å². The molecular formula is C16H34N2O2. The number of hydrogen-bond acceptors (Lipinski definition) is 4. The Morgan fingerprint density at radius 2 is 1.40 bits per heavy atom. The minimum Gasteiger partial charge on any atom is -0.379 e. The zero-order valence-corrected chi connectivity index (χ0v) is 13.4. The smallest absolute Gasteiger partial charge is 0.0594 e. The maximum absolute atomic E-state index is 5.65. The number of hydrogen-bond donors (Lipinski definition) is 1. The van der Waals surface area contributed by atoms with Crippen LogP contribution in [0.25, 0.3) is 0 Å². The molecule has 0 aromatic heterocycles. The molecule has 0 amide bonds. The molecule has 4 heteroatoms. The van der Waals surface area contributed by atoms with Gasteiger partial charge in [0.05, 0.1) is 26.4 Å². The molecule has 1 aliphatic heterocycles. The summed E-state index contributed by atoms with van der Waals surface area (Å²) in [5, 5.41) is 3.31. The highest BCUT2D eigenvalue weighted by molar-refractivity contribution is 4.59. The third kappa shape index (κ3) is 10.6. The van der Waals surface area contributed by atoms with Crippen LogP contribution >= 0.6 is 0 Å². The summed E-state index contributed by atoms with van der Waals surface area (Å²) in [4.78, 5) is 2.49. The van der Waals surface area contributed by atoms with E-state index in [1.54, 1.807) is 0 Å². The highest BCUT2D eigenvalue weighted by Gasteiger charge is 2.05. The number of nitrogens with one attached hydrogen (secondary N) is 1. The normalized spacial score (nSPS) is 20.2. The van der Waals surface area contributed by atoms with Gasteiger partial charge in [-0.05, 0) is 13.0 Å². The third-order valence-corrected chi connectivity index (χ3v) is 3.78. The van der Waals surface area contributed by atoms with E-state index in [0.717, 1.165) is 52.6 Å². The Labute approximate surface area is 125 Å². The molecule has 1 aliphatic rings. The molecule has 1 heterocycles. The minimum atomic E-state index is 0.810. The van der Waals surface area contributed by atoms with Crippen LogP contribution in [0, 0.1) is 0 Å². The second-order valence-electron chi connectivity index (χ2n) is 5.58. The summed E-state index contributed by atoms with van der Waals surface area (Å²) < 4.78 is 11.3. The molecule has 0 aliphatic carbocycles. The first kappa shape index (κ1) is 17.9. The number of rotatable bonds is 7. The van der Waals surface area contributed by atoms with E-state index in [1.807, 2.05) is 0 Å². The van der Waals surface area contributed by atoms with Gasteiger partial charge in [-0.25, -0.2) is 0 Å². The standard InChI is InChI=1S/C16H34N2O2/c1-2-3-4-5-6-7-10-18-11-15-19-13-8-17-9-14-20-16-12-18/h17H,2-16H2,1H3. The Bertz CT molecular complexity index is 191. The molecule has 0 unspecified atom stereocenters. The van der Waals surface area contributed by atoms with Crippen LogP contribution in [0.3, 0.4) is 0 Å². The van der Waals surface area contributed by atoms with Crippen LogP contribution in [0.15, 0.2) is 0 Å². The van der Waals surface area contributed by atoms with Crippen molar-refractivity contribution in [1.82, 2.24) is 10.2 Å². The van der Waals surface area contributed by atoms with E-state index in [1.165, 1.54) is 45.1 Å². The molecule has 0 saturated carbocycles. The summed E-state index contributed by atoms with van der Waals surface area (Å²) in [5.74, 6) is 0. The maximum Gasteiger partial charge on any atom is 0.0594 e. The molecule has 0 spiro atoms. The Morgan fingerprint density at radius 1 is 0.800 bits per heavy atom. The molecule has 0 radical (unpaired) electrons. The summed E-state index contributed by atoms with van der Waals surface area (Å²) in [7, 11) is 0. The average molecular weight is 286 g/mol. The topological polar surface area (TPSA) is 33.7 Å². The van der Waals surface area contributed by atoms with E-state index in [9.17, 15) is 0 Å². The van der Waals surface area contributed by atoms with Crippen LogP contribution in [-0.2, 0) is 9.47 Å². The lowest BCUT2D eigenvalue weighted by atomic mass is 10.1. The molecule has 4 nitrogen and oxygen atoms in total. The molecule has 0 aromatic rings. The summed E-state index contributed by atoms with van der Waals surface area (Å²) in [6.45, 7) is 10.7. The zero-order chi connectivity index (χ0) is 14.3. The lowest BCUT2D eigenvalue weighted by Gasteiger charge is -2.23. The molecule has 0 aromatic carbocycles. The fraction of sp³-hybridized carbons (Fsp3) is 1.00. The van der Waals surface area contributed by atoms with Gasteiger partial charge in [-0.3, -0.25) is 4.90 Å². The predicted octanol–water partition coefficient (Wildman–Crippen LogP) is 2.29. The number of unbranched alkanes of at least 4 members (excludes halogenated alkanes) is 5. The second kappa shape index (κ2) is 13.8. The monoisotopic (exact) mass is 286 g/mol. The van der Waals surface area contributed by atoms with E-state index in [2.05, 4.69) is 17.1 Å². The van der Waals surface area contributed by atoms with Crippen LogP contribution in [0.2, 0.25) is 0 Å². The quantitative estimate of drug-likeness (QED) is 0.728. The lowest BCUT2D eigenvalue weighted by Crippen LogP contribution is -2.34. The van der Waals surface area contributed by atoms with Gasteiger partial charge < -0.3 is 14.8 Å². The van der Waals surface area contributed by atoms with Crippen LogP contribution in [-0.4, -0.2) is 64.1 Å². The highest BCUT2D eigenvalue weighted by Crippen LogP contribution is 2.06. The molecule has 1 rings (SSSR count). The van der Waals surface area contributed by atoms with E-state index in [-0.39, 0.29) is 0 Å². The van der Waals surface area contributed by atoms with Crippen LogP contribution in [0.5, 0.6) is 0 Å². The van der Waals surface area contributed by atoms with Gasteiger partial charge in [-0.1, -0.05) is 39.0 Å². The van der Waals surface area contributed by atoms with Gasteiger partial charge >= 0.3 is 0 Å². The van der Waals surface area contributed by atoms with Crippen molar-refractivity contribution >= 4 is 0 Å². The van der Waals surface area contributed by atoms with Crippen molar-refractivity contribution in [3.05, 3.63) is 0 Å². The largest absolute Gasteiger partial charge is 0.379 e. The average Bonchev–Trinajstić information content (AvgIpc) is 2.45. The third-order valence-electron chi connectivity index (χ3n) is 3.78. The van der Waals surface area contributed by atoms with Crippen molar-refractivity contribution < 1.29 is 9.47 Å². The van der Waals surface area contributed by atoms with E-state index in [0.29, 0.717) is 0 Å². The highest BCUT2D eigenvalue weighted by atomic mass is 16.5. The van der Waals surface area contributed by atoms with Gasteiger partial charge in [0.1, 0.15) is 0 Å².